The summed E-state index contributed by atoms with van der Waals surface area (Å²) in [7, 11) is 1.67. The Morgan fingerprint density at radius 3 is 2.93 bits per heavy atom. The van der Waals surface area contributed by atoms with Crippen molar-refractivity contribution in [3.63, 3.8) is 0 Å². The minimum Gasteiger partial charge on any atom is -0.382 e. The maximum atomic E-state index is 11.2. The highest BCUT2D eigenvalue weighted by Crippen LogP contribution is 2.05. The highest BCUT2D eigenvalue weighted by atomic mass is 16.5. The van der Waals surface area contributed by atoms with Gasteiger partial charge in [0.2, 0.25) is 0 Å². The van der Waals surface area contributed by atoms with Gasteiger partial charge in [0.15, 0.2) is 0 Å². The van der Waals surface area contributed by atoms with Crippen LogP contribution in [0.5, 0.6) is 0 Å². The van der Waals surface area contributed by atoms with E-state index in [2.05, 4.69) is 4.90 Å². The molecule has 0 aromatic rings. The lowest BCUT2D eigenvalue weighted by Crippen LogP contribution is -2.36. The molecule has 0 spiro atoms. The third-order valence-electron chi connectivity index (χ3n) is 2.52. The molecule has 0 amide bonds. The Hall–Kier alpha value is -0.450. The molecule has 4 nitrogen and oxygen atoms in total. The van der Waals surface area contributed by atoms with Crippen LogP contribution in [0.3, 0.4) is 0 Å². The Kier molecular flexibility index (Phi) is 6.55. The maximum Gasteiger partial charge on any atom is 0.146 e. The summed E-state index contributed by atoms with van der Waals surface area (Å²) in [5.41, 5.74) is 0. The number of nitrogens with zero attached hydrogens (tertiary/aromatic N) is 1. The van der Waals surface area contributed by atoms with E-state index in [-0.39, 0.29) is 0 Å². The van der Waals surface area contributed by atoms with E-state index in [1.54, 1.807) is 7.11 Å². The summed E-state index contributed by atoms with van der Waals surface area (Å²) in [6, 6.07) is 0. The van der Waals surface area contributed by atoms with Crippen LogP contribution in [0.25, 0.3) is 0 Å². The second kappa shape index (κ2) is 7.79. The number of piperidine rings is 1. The first kappa shape index (κ1) is 12.6. The quantitative estimate of drug-likeness (QED) is 0.586. The highest BCUT2D eigenvalue weighted by Gasteiger charge is 2.15. The van der Waals surface area contributed by atoms with Crippen molar-refractivity contribution in [1.29, 1.82) is 0 Å². The Labute approximate surface area is 91.5 Å². The van der Waals surface area contributed by atoms with Crippen LogP contribution in [0.1, 0.15) is 19.3 Å². The van der Waals surface area contributed by atoms with Gasteiger partial charge in [0.25, 0.3) is 0 Å². The number of Topliss-reactive ketones (excluding diaryl/α,β-unsaturated/α-hetero) is 1. The van der Waals surface area contributed by atoms with E-state index in [1.165, 1.54) is 0 Å². The fraction of sp³-hybridized carbons (Fsp3) is 0.909. The average Bonchev–Trinajstić information content (AvgIpc) is 2.23. The van der Waals surface area contributed by atoms with Crippen LogP contribution in [0, 0.1) is 0 Å². The lowest BCUT2D eigenvalue weighted by Gasteiger charge is -2.25. The topological polar surface area (TPSA) is 38.8 Å². The predicted molar refractivity (Wildman–Crippen MR) is 58.0 cm³/mol. The molecule has 0 atom stereocenters. The number of carbonyl (C=O) groups is 1. The number of rotatable bonds is 7. The third kappa shape index (κ3) is 5.87. The van der Waals surface area contributed by atoms with E-state index in [4.69, 9.17) is 9.47 Å². The fourth-order valence-electron chi connectivity index (χ4n) is 1.73. The molecule has 0 radical (unpaired) electrons. The fourth-order valence-corrected chi connectivity index (χ4v) is 1.73. The first-order chi connectivity index (χ1) is 7.33. The van der Waals surface area contributed by atoms with E-state index in [1.807, 2.05) is 0 Å². The summed E-state index contributed by atoms with van der Waals surface area (Å²) in [6.07, 6.45) is 2.78. The Balaban J connectivity index is 1.92. The van der Waals surface area contributed by atoms with Gasteiger partial charge in [-0.25, -0.2) is 0 Å². The minimum atomic E-state index is 0.376. The molecule has 15 heavy (non-hydrogen) atoms. The first-order valence-corrected chi connectivity index (χ1v) is 5.63. The summed E-state index contributed by atoms with van der Waals surface area (Å²) >= 11 is 0. The monoisotopic (exact) mass is 215 g/mol. The SMILES string of the molecule is COCCOCCCN1CCCC(=O)C1. The molecule has 1 heterocycles. The molecule has 0 bridgehead atoms. The van der Waals surface area contributed by atoms with Crippen LogP contribution in [0.2, 0.25) is 0 Å². The van der Waals surface area contributed by atoms with E-state index >= 15 is 0 Å². The van der Waals surface area contributed by atoms with E-state index < -0.39 is 0 Å². The summed E-state index contributed by atoms with van der Waals surface area (Å²) in [5, 5.41) is 0. The van der Waals surface area contributed by atoms with Crippen LogP contribution < -0.4 is 0 Å². The van der Waals surface area contributed by atoms with Crippen LogP contribution in [0.4, 0.5) is 0 Å². The zero-order valence-electron chi connectivity index (χ0n) is 9.54. The standard InChI is InChI=1S/C11H21NO3/c1-14-8-9-15-7-3-6-12-5-2-4-11(13)10-12/h2-10H2,1H3. The molecular weight excluding hydrogens is 194 g/mol. The lowest BCUT2D eigenvalue weighted by molar-refractivity contribution is -0.122. The summed E-state index contributed by atoms with van der Waals surface area (Å²) in [5.74, 6) is 0.376. The smallest absolute Gasteiger partial charge is 0.146 e. The molecule has 0 aromatic carbocycles. The van der Waals surface area contributed by atoms with Gasteiger partial charge in [-0.15, -0.1) is 0 Å². The molecule has 0 aromatic heterocycles. The normalized spacial score (nSPS) is 18.3. The van der Waals surface area contributed by atoms with Gasteiger partial charge in [-0.3, -0.25) is 9.69 Å². The molecule has 1 aliphatic rings. The number of ether oxygens (including phenoxy) is 2. The molecular formula is C11H21NO3. The number of hydrogen-bond acceptors (Lipinski definition) is 4. The molecule has 0 N–H and O–H groups in total. The van der Waals surface area contributed by atoms with Gasteiger partial charge in [-0.2, -0.15) is 0 Å². The van der Waals surface area contributed by atoms with Gasteiger partial charge < -0.3 is 9.47 Å². The molecule has 1 saturated heterocycles. The van der Waals surface area contributed by atoms with E-state index in [0.29, 0.717) is 25.5 Å². The van der Waals surface area contributed by atoms with Crippen molar-refractivity contribution in [3.8, 4) is 0 Å². The van der Waals surface area contributed by atoms with Crippen LogP contribution >= 0.6 is 0 Å². The first-order valence-electron chi connectivity index (χ1n) is 5.63. The van der Waals surface area contributed by atoms with Gasteiger partial charge >= 0.3 is 0 Å². The van der Waals surface area contributed by atoms with Gasteiger partial charge in [-0.05, 0) is 19.4 Å². The number of hydrogen-bond donors (Lipinski definition) is 0. The molecule has 0 aliphatic carbocycles. The van der Waals surface area contributed by atoms with Crippen molar-refractivity contribution in [2.24, 2.45) is 0 Å². The van der Waals surface area contributed by atoms with Gasteiger partial charge in [-0.1, -0.05) is 0 Å². The van der Waals surface area contributed by atoms with Crippen molar-refractivity contribution >= 4 is 5.78 Å². The largest absolute Gasteiger partial charge is 0.382 e. The Bertz CT molecular complexity index is 185. The maximum absolute atomic E-state index is 11.2. The second-order valence-electron chi connectivity index (χ2n) is 3.88. The molecule has 1 aliphatic heterocycles. The molecule has 0 unspecified atom stereocenters. The van der Waals surface area contributed by atoms with Crippen LogP contribution in [-0.2, 0) is 14.3 Å². The highest BCUT2D eigenvalue weighted by molar-refractivity contribution is 5.81. The summed E-state index contributed by atoms with van der Waals surface area (Å²) in [4.78, 5) is 13.4. The summed E-state index contributed by atoms with van der Waals surface area (Å²) < 4.78 is 10.2. The molecule has 0 saturated carbocycles. The number of methoxy groups -OCH3 is 1. The third-order valence-corrected chi connectivity index (χ3v) is 2.52. The average molecular weight is 215 g/mol. The minimum absolute atomic E-state index is 0.376. The number of carbonyl (C=O) groups excluding carboxylic acids is 1. The second-order valence-corrected chi connectivity index (χ2v) is 3.88. The Morgan fingerprint density at radius 2 is 2.20 bits per heavy atom. The Morgan fingerprint density at radius 1 is 1.33 bits per heavy atom. The van der Waals surface area contributed by atoms with Crippen molar-refractivity contribution < 1.29 is 14.3 Å². The number of ketones is 1. The van der Waals surface area contributed by atoms with Gasteiger partial charge in [0.1, 0.15) is 5.78 Å². The van der Waals surface area contributed by atoms with Gasteiger partial charge in [0.05, 0.1) is 19.8 Å². The molecule has 1 rings (SSSR count). The lowest BCUT2D eigenvalue weighted by atomic mass is 10.1. The van der Waals surface area contributed by atoms with Crippen molar-refractivity contribution in [1.82, 2.24) is 4.90 Å². The van der Waals surface area contributed by atoms with Crippen molar-refractivity contribution in [2.45, 2.75) is 19.3 Å². The van der Waals surface area contributed by atoms with Crippen molar-refractivity contribution in [3.05, 3.63) is 0 Å². The molecule has 4 heteroatoms. The zero-order chi connectivity index (χ0) is 10.9. The summed E-state index contributed by atoms with van der Waals surface area (Å²) in [6.45, 7) is 4.74. The molecule has 1 fully saturated rings. The van der Waals surface area contributed by atoms with Gasteiger partial charge in [0, 0.05) is 26.7 Å². The molecule has 88 valence electrons. The van der Waals surface area contributed by atoms with Crippen LogP contribution in [0.15, 0.2) is 0 Å². The zero-order valence-corrected chi connectivity index (χ0v) is 9.54. The number of likely N-dealkylation sites (tertiary alicyclic amines) is 1. The van der Waals surface area contributed by atoms with Crippen LogP contribution in [-0.4, -0.2) is 57.2 Å². The predicted octanol–water partition coefficient (Wildman–Crippen LogP) is 0.704. The van der Waals surface area contributed by atoms with Crippen molar-refractivity contribution in [2.75, 3.05) is 46.6 Å². The van der Waals surface area contributed by atoms with E-state index in [0.717, 1.165) is 39.0 Å². The van der Waals surface area contributed by atoms with E-state index in [9.17, 15) is 4.79 Å².